The molecule has 0 atom stereocenters. The number of hydrogen-bond acceptors (Lipinski definition) is 5. The number of nitrogens with zero attached hydrogens (tertiary/aromatic N) is 2. The molecule has 0 spiro atoms. The lowest BCUT2D eigenvalue weighted by Crippen LogP contribution is -2.32. The zero-order valence-electron chi connectivity index (χ0n) is 14.2. The fourth-order valence-corrected chi connectivity index (χ4v) is 3.01. The molecule has 0 fully saturated rings. The molecule has 1 aromatic heterocycles. The maximum atomic E-state index is 12.1. The Morgan fingerprint density at radius 3 is 2.72 bits per heavy atom. The summed E-state index contributed by atoms with van der Waals surface area (Å²) in [5.41, 5.74) is 1.36. The molecule has 8 heteroatoms. The zero-order chi connectivity index (χ0) is 18.3. The van der Waals surface area contributed by atoms with Gasteiger partial charge in [-0.1, -0.05) is 12.1 Å². The Bertz CT molecular complexity index is 810. The van der Waals surface area contributed by atoms with Crippen LogP contribution in [0.5, 0.6) is 5.75 Å². The molecule has 0 saturated carbocycles. The van der Waals surface area contributed by atoms with E-state index in [4.69, 9.17) is 4.74 Å². The molecular formula is C17H21N3O4S. The maximum Gasteiger partial charge on any atom is 0.225 e. The first-order valence-corrected chi connectivity index (χ1v) is 9.51. The van der Waals surface area contributed by atoms with Gasteiger partial charge in [0.25, 0.3) is 0 Å². The molecule has 0 aliphatic carbocycles. The van der Waals surface area contributed by atoms with Gasteiger partial charge in [0, 0.05) is 43.7 Å². The summed E-state index contributed by atoms with van der Waals surface area (Å²) in [5.74, 6) is 0.361. The summed E-state index contributed by atoms with van der Waals surface area (Å²) >= 11 is 0. The van der Waals surface area contributed by atoms with E-state index in [0.29, 0.717) is 11.4 Å². The standard InChI is InChI=1S/C17H21N3O4S/c1-24-16-7-3-6-15(11-16)19-17(21)8-10-20(25(2,22)23)13-14-5-4-9-18-12-14/h3-7,9,11-12H,8,10,13H2,1-2H3,(H,19,21). The molecule has 1 N–H and O–H groups in total. The van der Waals surface area contributed by atoms with Crippen molar-refractivity contribution < 1.29 is 17.9 Å². The molecule has 134 valence electrons. The molecule has 0 unspecified atom stereocenters. The van der Waals surface area contributed by atoms with Gasteiger partial charge in [-0.3, -0.25) is 9.78 Å². The maximum absolute atomic E-state index is 12.1. The van der Waals surface area contributed by atoms with Crippen LogP contribution >= 0.6 is 0 Å². The first kappa shape index (κ1) is 18.9. The summed E-state index contributed by atoms with van der Waals surface area (Å²) in [6, 6.07) is 10.5. The molecule has 1 heterocycles. The van der Waals surface area contributed by atoms with Crippen LogP contribution in [0.25, 0.3) is 0 Å². The minimum Gasteiger partial charge on any atom is -0.497 e. The Balaban J connectivity index is 1.96. The van der Waals surface area contributed by atoms with Crippen molar-refractivity contribution in [2.45, 2.75) is 13.0 Å². The average Bonchev–Trinajstić information content (AvgIpc) is 2.58. The molecular weight excluding hydrogens is 342 g/mol. The number of methoxy groups -OCH3 is 1. The van der Waals surface area contributed by atoms with Crippen molar-refractivity contribution in [1.29, 1.82) is 0 Å². The van der Waals surface area contributed by atoms with E-state index in [0.717, 1.165) is 11.8 Å². The minimum atomic E-state index is -3.44. The molecule has 7 nitrogen and oxygen atoms in total. The number of ether oxygens (including phenoxy) is 1. The summed E-state index contributed by atoms with van der Waals surface area (Å²) in [4.78, 5) is 16.1. The van der Waals surface area contributed by atoms with Crippen LogP contribution in [0.3, 0.4) is 0 Å². The van der Waals surface area contributed by atoms with Crippen LogP contribution in [0.2, 0.25) is 0 Å². The second kappa shape index (κ2) is 8.59. The number of sulfonamides is 1. The highest BCUT2D eigenvalue weighted by molar-refractivity contribution is 7.88. The third-order valence-electron chi connectivity index (χ3n) is 3.49. The van der Waals surface area contributed by atoms with Crippen molar-refractivity contribution in [3.05, 3.63) is 54.4 Å². The fourth-order valence-electron chi connectivity index (χ4n) is 2.21. The molecule has 2 rings (SSSR count). The smallest absolute Gasteiger partial charge is 0.225 e. The molecule has 2 aromatic rings. The van der Waals surface area contributed by atoms with Crippen LogP contribution in [0.15, 0.2) is 48.8 Å². The van der Waals surface area contributed by atoms with Crippen molar-refractivity contribution >= 4 is 21.6 Å². The summed E-state index contributed by atoms with van der Waals surface area (Å²) in [6.45, 7) is 0.267. The number of rotatable bonds is 8. The van der Waals surface area contributed by atoms with E-state index >= 15 is 0 Å². The van der Waals surface area contributed by atoms with Gasteiger partial charge in [0.1, 0.15) is 5.75 Å². The highest BCUT2D eigenvalue weighted by Gasteiger charge is 2.18. The topological polar surface area (TPSA) is 88.6 Å². The largest absolute Gasteiger partial charge is 0.497 e. The number of carbonyl (C=O) groups is 1. The Morgan fingerprint density at radius 2 is 2.08 bits per heavy atom. The van der Waals surface area contributed by atoms with Crippen LogP contribution in [0.1, 0.15) is 12.0 Å². The first-order chi connectivity index (χ1) is 11.9. The SMILES string of the molecule is COc1cccc(NC(=O)CCN(Cc2cccnc2)S(C)(=O)=O)c1. The van der Waals surface area contributed by atoms with E-state index < -0.39 is 10.0 Å². The number of carbonyl (C=O) groups excluding carboxylic acids is 1. The number of nitrogens with one attached hydrogen (secondary N) is 1. The summed E-state index contributed by atoms with van der Waals surface area (Å²) in [6.07, 6.45) is 4.40. The van der Waals surface area contributed by atoms with Crippen molar-refractivity contribution in [3.8, 4) is 5.75 Å². The quantitative estimate of drug-likeness (QED) is 0.774. The summed E-state index contributed by atoms with van der Waals surface area (Å²) < 4.78 is 30.3. The van der Waals surface area contributed by atoms with E-state index in [2.05, 4.69) is 10.3 Å². The number of hydrogen-bond donors (Lipinski definition) is 1. The van der Waals surface area contributed by atoms with E-state index in [-0.39, 0.29) is 25.4 Å². The van der Waals surface area contributed by atoms with Gasteiger partial charge in [0.15, 0.2) is 0 Å². The predicted octanol–water partition coefficient (Wildman–Crippen LogP) is 1.88. The molecule has 25 heavy (non-hydrogen) atoms. The van der Waals surface area contributed by atoms with Gasteiger partial charge in [0.05, 0.1) is 13.4 Å². The van der Waals surface area contributed by atoms with Gasteiger partial charge in [-0.2, -0.15) is 4.31 Å². The van der Waals surface area contributed by atoms with Crippen LogP contribution in [-0.4, -0.2) is 43.5 Å². The van der Waals surface area contributed by atoms with Crippen LogP contribution in [0.4, 0.5) is 5.69 Å². The molecule has 0 saturated heterocycles. The van der Waals surface area contributed by atoms with E-state index in [1.54, 1.807) is 55.9 Å². The number of anilines is 1. The van der Waals surface area contributed by atoms with Gasteiger partial charge in [-0.15, -0.1) is 0 Å². The Morgan fingerprint density at radius 1 is 1.28 bits per heavy atom. The van der Waals surface area contributed by atoms with Crippen LogP contribution in [0, 0.1) is 0 Å². The monoisotopic (exact) mass is 363 g/mol. The van der Waals surface area contributed by atoms with Gasteiger partial charge >= 0.3 is 0 Å². The van der Waals surface area contributed by atoms with Crippen molar-refractivity contribution in [1.82, 2.24) is 9.29 Å². The first-order valence-electron chi connectivity index (χ1n) is 7.66. The van der Waals surface area contributed by atoms with Crippen LogP contribution < -0.4 is 10.1 Å². The number of pyridine rings is 1. The van der Waals surface area contributed by atoms with Gasteiger partial charge < -0.3 is 10.1 Å². The summed E-state index contributed by atoms with van der Waals surface area (Å²) in [7, 11) is -1.89. The fraction of sp³-hybridized carbons (Fsp3) is 0.294. The lowest BCUT2D eigenvalue weighted by molar-refractivity contribution is -0.116. The highest BCUT2D eigenvalue weighted by Crippen LogP contribution is 2.17. The molecule has 0 aliphatic rings. The van der Waals surface area contributed by atoms with E-state index in [1.807, 2.05) is 0 Å². The average molecular weight is 363 g/mol. The van der Waals surface area contributed by atoms with Crippen molar-refractivity contribution in [3.63, 3.8) is 0 Å². The molecule has 0 aliphatic heterocycles. The van der Waals surface area contributed by atoms with Gasteiger partial charge in [-0.25, -0.2) is 8.42 Å². The number of aromatic nitrogens is 1. The normalized spacial score (nSPS) is 11.3. The van der Waals surface area contributed by atoms with Gasteiger partial charge in [-0.05, 0) is 23.8 Å². The molecule has 1 aromatic carbocycles. The lowest BCUT2D eigenvalue weighted by Gasteiger charge is -2.19. The Labute approximate surface area is 147 Å². The predicted molar refractivity (Wildman–Crippen MR) is 95.7 cm³/mol. The second-order valence-corrected chi connectivity index (χ2v) is 7.47. The van der Waals surface area contributed by atoms with Crippen molar-refractivity contribution in [2.24, 2.45) is 0 Å². The zero-order valence-corrected chi connectivity index (χ0v) is 15.0. The number of benzene rings is 1. The lowest BCUT2D eigenvalue weighted by atomic mass is 10.2. The third-order valence-corrected chi connectivity index (χ3v) is 4.74. The van der Waals surface area contributed by atoms with Crippen LogP contribution in [-0.2, 0) is 21.4 Å². The number of amides is 1. The highest BCUT2D eigenvalue weighted by atomic mass is 32.2. The van der Waals surface area contributed by atoms with Gasteiger partial charge in [0.2, 0.25) is 15.9 Å². The van der Waals surface area contributed by atoms with E-state index in [9.17, 15) is 13.2 Å². The molecule has 0 bridgehead atoms. The second-order valence-electron chi connectivity index (χ2n) is 5.49. The third kappa shape index (κ3) is 6.17. The minimum absolute atomic E-state index is 0.0462. The molecule has 0 radical (unpaired) electrons. The molecule has 1 amide bonds. The Kier molecular flexibility index (Phi) is 6.49. The Hall–Kier alpha value is -2.45. The van der Waals surface area contributed by atoms with Crippen molar-refractivity contribution in [2.75, 3.05) is 25.2 Å². The summed E-state index contributed by atoms with van der Waals surface area (Å²) in [5, 5.41) is 2.73. The van der Waals surface area contributed by atoms with E-state index in [1.165, 1.54) is 4.31 Å².